The maximum atomic E-state index is 9.46. The van der Waals surface area contributed by atoms with E-state index in [-0.39, 0.29) is 34.4 Å². The van der Waals surface area contributed by atoms with Gasteiger partial charge in [-0.1, -0.05) is 0 Å². The van der Waals surface area contributed by atoms with E-state index in [0.29, 0.717) is 0 Å². The molecule has 0 amide bonds. The van der Waals surface area contributed by atoms with Gasteiger partial charge < -0.3 is 20.4 Å². The van der Waals surface area contributed by atoms with Gasteiger partial charge in [-0.25, -0.2) is 0 Å². The Balaban J connectivity index is 2.35. The van der Waals surface area contributed by atoms with Gasteiger partial charge in [0, 0.05) is 12.1 Å². The number of azo groups is 1. The molecule has 0 spiro atoms. The fourth-order valence-corrected chi connectivity index (χ4v) is 1.29. The monoisotopic (exact) mass is 246 g/mol. The first kappa shape index (κ1) is 11.7. The van der Waals surface area contributed by atoms with E-state index in [4.69, 9.17) is 0 Å². The Morgan fingerprint density at radius 1 is 0.611 bits per heavy atom. The van der Waals surface area contributed by atoms with Gasteiger partial charge in [-0.2, -0.15) is 0 Å². The summed E-state index contributed by atoms with van der Waals surface area (Å²) < 4.78 is 0. The average molecular weight is 246 g/mol. The summed E-state index contributed by atoms with van der Waals surface area (Å²) in [5.41, 5.74) is 0.107. The van der Waals surface area contributed by atoms with E-state index < -0.39 is 0 Å². The molecule has 6 heteroatoms. The van der Waals surface area contributed by atoms with E-state index in [0.717, 1.165) is 0 Å². The van der Waals surface area contributed by atoms with Crippen LogP contribution < -0.4 is 0 Å². The van der Waals surface area contributed by atoms with Crippen LogP contribution in [0.15, 0.2) is 46.6 Å². The van der Waals surface area contributed by atoms with Gasteiger partial charge >= 0.3 is 0 Å². The van der Waals surface area contributed by atoms with E-state index in [9.17, 15) is 20.4 Å². The number of benzene rings is 2. The van der Waals surface area contributed by atoms with Crippen molar-refractivity contribution >= 4 is 11.4 Å². The Bertz CT molecular complexity index is 558. The number of rotatable bonds is 2. The third kappa shape index (κ3) is 2.49. The molecule has 0 bridgehead atoms. The van der Waals surface area contributed by atoms with Crippen molar-refractivity contribution < 1.29 is 20.4 Å². The molecular formula is C12H10N2O4. The van der Waals surface area contributed by atoms with Crippen LogP contribution in [0.5, 0.6) is 23.0 Å². The molecule has 2 rings (SSSR count). The molecule has 2 aromatic rings. The molecule has 0 unspecified atom stereocenters. The van der Waals surface area contributed by atoms with Crippen LogP contribution in [-0.4, -0.2) is 20.4 Å². The number of phenols is 4. The van der Waals surface area contributed by atoms with E-state index in [2.05, 4.69) is 10.2 Å². The zero-order valence-corrected chi connectivity index (χ0v) is 9.15. The highest BCUT2D eigenvalue weighted by molar-refractivity contribution is 5.57. The van der Waals surface area contributed by atoms with Crippen molar-refractivity contribution in [3.05, 3.63) is 36.4 Å². The van der Waals surface area contributed by atoms with Gasteiger partial charge in [-0.3, -0.25) is 0 Å². The predicted octanol–water partition coefficient (Wildman–Crippen LogP) is 2.92. The molecule has 18 heavy (non-hydrogen) atoms. The first-order valence-corrected chi connectivity index (χ1v) is 5.02. The second kappa shape index (κ2) is 4.62. The van der Waals surface area contributed by atoms with E-state index in [1.54, 1.807) is 0 Å². The van der Waals surface area contributed by atoms with Gasteiger partial charge in [0.1, 0.15) is 34.4 Å². The highest BCUT2D eigenvalue weighted by Crippen LogP contribution is 2.34. The highest BCUT2D eigenvalue weighted by Gasteiger charge is 2.03. The average Bonchev–Trinajstić information content (AvgIpc) is 2.34. The fraction of sp³-hybridized carbons (Fsp3) is 0. The Hall–Kier alpha value is -2.76. The van der Waals surface area contributed by atoms with Crippen LogP contribution >= 0.6 is 0 Å². The first-order valence-electron chi connectivity index (χ1n) is 5.02. The van der Waals surface area contributed by atoms with Crippen molar-refractivity contribution in [2.45, 2.75) is 0 Å². The summed E-state index contributed by atoms with van der Waals surface area (Å²) in [6, 6.07) is 7.59. The molecular weight excluding hydrogens is 236 g/mol. The molecule has 0 radical (unpaired) electrons. The molecule has 0 aromatic heterocycles. The summed E-state index contributed by atoms with van der Waals surface area (Å²) >= 11 is 0. The molecule has 0 aliphatic heterocycles. The topological polar surface area (TPSA) is 106 Å². The minimum Gasteiger partial charge on any atom is -0.508 e. The molecule has 0 saturated heterocycles. The van der Waals surface area contributed by atoms with E-state index in [1.807, 2.05) is 0 Å². The largest absolute Gasteiger partial charge is 0.508 e. The lowest BCUT2D eigenvalue weighted by atomic mass is 10.3. The molecule has 4 N–H and O–H groups in total. The zero-order chi connectivity index (χ0) is 13.1. The first-order chi connectivity index (χ1) is 8.56. The Morgan fingerprint density at radius 3 is 1.39 bits per heavy atom. The van der Waals surface area contributed by atoms with Crippen molar-refractivity contribution in [2.75, 3.05) is 0 Å². The smallest absolute Gasteiger partial charge is 0.143 e. The second-order valence-electron chi connectivity index (χ2n) is 3.55. The molecule has 0 atom stereocenters. The van der Waals surface area contributed by atoms with Crippen LogP contribution in [0.4, 0.5) is 11.4 Å². The Kier molecular flexibility index (Phi) is 3.01. The summed E-state index contributed by atoms with van der Waals surface area (Å²) in [4.78, 5) is 0. The predicted molar refractivity (Wildman–Crippen MR) is 63.7 cm³/mol. The summed E-state index contributed by atoms with van der Waals surface area (Å²) in [7, 11) is 0. The van der Waals surface area contributed by atoms with Gasteiger partial charge in [0.05, 0.1) is 0 Å². The summed E-state index contributed by atoms with van der Waals surface area (Å²) in [5.74, 6) is -0.448. The quantitative estimate of drug-likeness (QED) is 0.482. The van der Waals surface area contributed by atoms with Crippen LogP contribution in [0.3, 0.4) is 0 Å². The molecule has 2 aromatic carbocycles. The lowest BCUT2D eigenvalue weighted by molar-refractivity contribution is 0.459. The summed E-state index contributed by atoms with van der Waals surface area (Å²) in [5, 5.41) is 44.7. The van der Waals surface area contributed by atoms with Crippen molar-refractivity contribution in [1.82, 2.24) is 0 Å². The van der Waals surface area contributed by atoms with Gasteiger partial charge in [0.15, 0.2) is 0 Å². The standard InChI is InChI=1S/C12H10N2O4/c15-7-1-3-11(17)9(5-7)13-14-10-6-8(16)2-4-12(10)18/h1-6,15-18H. The van der Waals surface area contributed by atoms with Crippen LogP contribution in [0.1, 0.15) is 0 Å². The maximum absolute atomic E-state index is 9.46. The minimum absolute atomic E-state index is 0.0535. The highest BCUT2D eigenvalue weighted by atomic mass is 16.3. The number of nitrogens with zero attached hydrogens (tertiary/aromatic N) is 2. The Morgan fingerprint density at radius 2 is 1.00 bits per heavy atom. The third-order valence-corrected chi connectivity index (χ3v) is 2.18. The van der Waals surface area contributed by atoms with Crippen molar-refractivity contribution in [3.63, 3.8) is 0 Å². The number of aromatic hydroxyl groups is 4. The summed E-state index contributed by atoms with van der Waals surface area (Å²) in [6.45, 7) is 0. The van der Waals surface area contributed by atoms with Gasteiger partial charge in [-0.15, -0.1) is 10.2 Å². The van der Waals surface area contributed by atoms with E-state index in [1.165, 1.54) is 36.4 Å². The van der Waals surface area contributed by atoms with Crippen molar-refractivity contribution in [3.8, 4) is 23.0 Å². The fourth-order valence-electron chi connectivity index (χ4n) is 1.29. The molecule has 92 valence electrons. The molecule has 0 heterocycles. The lowest BCUT2D eigenvalue weighted by Crippen LogP contribution is -1.70. The zero-order valence-electron chi connectivity index (χ0n) is 9.15. The van der Waals surface area contributed by atoms with Gasteiger partial charge in [-0.05, 0) is 24.3 Å². The van der Waals surface area contributed by atoms with E-state index >= 15 is 0 Å². The van der Waals surface area contributed by atoms with Crippen LogP contribution in [-0.2, 0) is 0 Å². The molecule has 0 fully saturated rings. The molecule has 0 aliphatic carbocycles. The van der Waals surface area contributed by atoms with Crippen LogP contribution in [0.2, 0.25) is 0 Å². The SMILES string of the molecule is Oc1ccc(O)c(N=Nc2cc(O)ccc2O)c1. The van der Waals surface area contributed by atoms with Crippen LogP contribution in [0, 0.1) is 0 Å². The number of hydrogen-bond donors (Lipinski definition) is 4. The van der Waals surface area contributed by atoms with Crippen molar-refractivity contribution in [1.29, 1.82) is 0 Å². The molecule has 6 nitrogen and oxygen atoms in total. The maximum Gasteiger partial charge on any atom is 0.143 e. The van der Waals surface area contributed by atoms with Gasteiger partial charge in [0.2, 0.25) is 0 Å². The van der Waals surface area contributed by atoms with Crippen LogP contribution in [0.25, 0.3) is 0 Å². The number of phenolic OH excluding ortho intramolecular Hbond substituents is 4. The lowest BCUT2D eigenvalue weighted by Gasteiger charge is -2.00. The van der Waals surface area contributed by atoms with Crippen molar-refractivity contribution in [2.24, 2.45) is 10.2 Å². The second-order valence-corrected chi connectivity index (χ2v) is 3.55. The third-order valence-electron chi connectivity index (χ3n) is 2.18. The molecule has 0 saturated carbocycles. The normalized spacial score (nSPS) is 10.9. The minimum atomic E-state index is -0.156. The Labute approximate surface area is 102 Å². The summed E-state index contributed by atoms with van der Waals surface area (Å²) in [6.07, 6.45) is 0. The molecule has 0 aliphatic rings. The number of hydrogen-bond acceptors (Lipinski definition) is 6. The van der Waals surface area contributed by atoms with Gasteiger partial charge in [0.25, 0.3) is 0 Å².